The van der Waals surface area contributed by atoms with Crippen LogP contribution in [0.1, 0.15) is 40.2 Å². The predicted octanol–water partition coefficient (Wildman–Crippen LogP) is 3.04. The molecule has 118 valence electrons. The topological polar surface area (TPSA) is 47.6 Å². The maximum Gasteiger partial charge on any atom is 0.344 e. The molecule has 0 heterocycles. The molecule has 0 aliphatic carbocycles. The number of hydrogen-bond acceptors (Lipinski definition) is 4. The van der Waals surface area contributed by atoms with Gasteiger partial charge in [-0.25, -0.2) is 9.18 Å². The fraction of sp³-hybridized carbons (Fsp3) is 0.562. The molecule has 0 radical (unpaired) electrons. The number of benzene rings is 1. The van der Waals surface area contributed by atoms with E-state index < -0.39 is 11.8 Å². The number of hydrogen-bond donors (Lipinski definition) is 1. The number of carbonyl (C=O) groups excluding carboxylic acids is 1. The second-order valence-corrected chi connectivity index (χ2v) is 6.16. The van der Waals surface area contributed by atoms with Gasteiger partial charge >= 0.3 is 5.97 Å². The lowest BCUT2D eigenvalue weighted by atomic mass is 10.1. The van der Waals surface area contributed by atoms with Crippen molar-refractivity contribution in [1.82, 2.24) is 5.32 Å². The summed E-state index contributed by atoms with van der Waals surface area (Å²) in [5.41, 5.74) is 0.572. The van der Waals surface area contributed by atoms with Gasteiger partial charge in [0.1, 0.15) is 0 Å². The Kier molecular flexibility index (Phi) is 6.15. The van der Waals surface area contributed by atoms with Gasteiger partial charge in [0, 0.05) is 17.6 Å². The molecule has 4 nitrogen and oxygen atoms in total. The SMILES string of the molecule is CC(C)OC(=O)COc1c(F)cccc1CNC(C)(C)C. The minimum atomic E-state index is -0.511. The van der Waals surface area contributed by atoms with Crippen molar-refractivity contribution in [3.8, 4) is 5.75 Å². The van der Waals surface area contributed by atoms with Gasteiger partial charge in [0.2, 0.25) is 0 Å². The van der Waals surface area contributed by atoms with Crippen LogP contribution in [0.4, 0.5) is 4.39 Å². The van der Waals surface area contributed by atoms with Crippen molar-refractivity contribution in [2.75, 3.05) is 6.61 Å². The standard InChI is InChI=1S/C16H24FNO3/c1-11(2)21-14(19)10-20-15-12(7-6-8-13(15)17)9-18-16(3,4)5/h6-8,11,18H,9-10H2,1-5H3. The van der Waals surface area contributed by atoms with Crippen molar-refractivity contribution in [3.63, 3.8) is 0 Å². The fourth-order valence-electron chi connectivity index (χ4n) is 1.64. The van der Waals surface area contributed by atoms with Gasteiger partial charge in [-0.05, 0) is 40.7 Å². The first-order valence-corrected chi connectivity index (χ1v) is 7.04. The van der Waals surface area contributed by atoms with Gasteiger partial charge in [-0.2, -0.15) is 0 Å². The fourth-order valence-corrected chi connectivity index (χ4v) is 1.64. The Bertz CT molecular complexity index is 481. The van der Waals surface area contributed by atoms with E-state index >= 15 is 0 Å². The van der Waals surface area contributed by atoms with Crippen LogP contribution in [0.2, 0.25) is 0 Å². The highest BCUT2D eigenvalue weighted by atomic mass is 19.1. The first kappa shape index (κ1) is 17.4. The zero-order chi connectivity index (χ0) is 16.0. The number of nitrogens with one attached hydrogen (secondary N) is 1. The summed E-state index contributed by atoms with van der Waals surface area (Å²) in [5, 5.41) is 3.26. The largest absolute Gasteiger partial charge is 0.478 e. The van der Waals surface area contributed by atoms with E-state index in [9.17, 15) is 9.18 Å². The van der Waals surface area contributed by atoms with Crippen LogP contribution in [0.15, 0.2) is 18.2 Å². The van der Waals surface area contributed by atoms with Gasteiger partial charge in [0.25, 0.3) is 0 Å². The lowest BCUT2D eigenvalue weighted by Gasteiger charge is -2.21. The Balaban J connectivity index is 2.74. The first-order valence-electron chi connectivity index (χ1n) is 7.04. The molecule has 0 spiro atoms. The number of halogens is 1. The molecule has 0 fully saturated rings. The lowest BCUT2D eigenvalue weighted by Crippen LogP contribution is -2.35. The van der Waals surface area contributed by atoms with E-state index in [2.05, 4.69) is 5.32 Å². The molecule has 5 heteroatoms. The van der Waals surface area contributed by atoms with Gasteiger partial charge in [0.15, 0.2) is 18.2 Å². The van der Waals surface area contributed by atoms with Crippen LogP contribution in [0.25, 0.3) is 0 Å². The van der Waals surface area contributed by atoms with E-state index in [1.165, 1.54) is 6.07 Å². The van der Waals surface area contributed by atoms with E-state index in [4.69, 9.17) is 9.47 Å². The minimum Gasteiger partial charge on any atom is -0.478 e. The van der Waals surface area contributed by atoms with Crippen LogP contribution in [-0.2, 0) is 16.1 Å². The highest BCUT2D eigenvalue weighted by molar-refractivity contribution is 5.71. The van der Waals surface area contributed by atoms with Crippen LogP contribution >= 0.6 is 0 Å². The molecule has 0 saturated heterocycles. The molecule has 0 amide bonds. The third kappa shape index (κ3) is 6.58. The first-order chi connectivity index (χ1) is 9.69. The highest BCUT2D eigenvalue weighted by Crippen LogP contribution is 2.23. The molecule has 0 atom stereocenters. The zero-order valence-electron chi connectivity index (χ0n) is 13.3. The van der Waals surface area contributed by atoms with Crippen LogP contribution in [0, 0.1) is 5.82 Å². The highest BCUT2D eigenvalue weighted by Gasteiger charge is 2.15. The Hall–Kier alpha value is -1.62. The average molecular weight is 297 g/mol. The van der Waals surface area contributed by atoms with Gasteiger partial charge in [-0.15, -0.1) is 0 Å². The summed E-state index contributed by atoms with van der Waals surface area (Å²) < 4.78 is 24.1. The van der Waals surface area contributed by atoms with E-state index in [0.717, 1.165) is 0 Å². The molecule has 21 heavy (non-hydrogen) atoms. The number of esters is 1. The Labute approximate surface area is 125 Å². The second kappa shape index (κ2) is 7.41. The summed E-state index contributed by atoms with van der Waals surface area (Å²) in [5.74, 6) is -0.904. The third-order valence-corrected chi connectivity index (χ3v) is 2.56. The Morgan fingerprint density at radius 2 is 2.00 bits per heavy atom. The molecule has 0 saturated carbocycles. The van der Waals surface area contributed by atoms with E-state index in [1.54, 1.807) is 26.0 Å². The smallest absolute Gasteiger partial charge is 0.344 e. The molecular formula is C16H24FNO3. The zero-order valence-corrected chi connectivity index (χ0v) is 13.3. The van der Waals surface area contributed by atoms with Gasteiger partial charge in [0.05, 0.1) is 6.10 Å². The van der Waals surface area contributed by atoms with E-state index in [0.29, 0.717) is 12.1 Å². The summed E-state index contributed by atoms with van der Waals surface area (Å²) in [7, 11) is 0. The second-order valence-electron chi connectivity index (χ2n) is 6.16. The van der Waals surface area contributed by atoms with Crippen LogP contribution in [-0.4, -0.2) is 24.2 Å². The summed E-state index contributed by atoms with van der Waals surface area (Å²) in [6, 6.07) is 4.70. The normalized spacial score (nSPS) is 11.6. The molecule has 0 aromatic heterocycles. The average Bonchev–Trinajstić information content (AvgIpc) is 2.33. The minimum absolute atomic E-state index is 0.0926. The molecule has 1 aromatic rings. The molecular weight excluding hydrogens is 273 g/mol. The van der Waals surface area contributed by atoms with Crippen molar-refractivity contribution in [2.45, 2.75) is 52.8 Å². The van der Waals surface area contributed by atoms with Crippen molar-refractivity contribution in [3.05, 3.63) is 29.6 Å². The van der Waals surface area contributed by atoms with Gasteiger partial charge in [-0.1, -0.05) is 12.1 Å². The van der Waals surface area contributed by atoms with Crippen molar-refractivity contribution < 1.29 is 18.7 Å². The summed E-state index contributed by atoms with van der Waals surface area (Å²) in [4.78, 5) is 11.5. The summed E-state index contributed by atoms with van der Waals surface area (Å²) >= 11 is 0. The predicted molar refractivity (Wildman–Crippen MR) is 79.7 cm³/mol. The monoisotopic (exact) mass is 297 g/mol. The van der Waals surface area contributed by atoms with E-state index in [1.807, 2.05) is 20.8 Å². The lowest BCUT2D eigenvalue weighted by molar-refractivity contribution is -0.149. The van der Waals surface area contributed by atoms with Crippen LogP contribution in [0.5, 0.6) is 5.75 Å². The molecule has 1 rings (SSSR count). The molecule has 0 aliphatic heterocycles. The maximum atomic E-state index is 13.9. The summed E-state index contributed by atoms with van der Waals surface area (Å²) in [6.07, 6.45) is -0.219. The molecule has 1 N–H and O–H groups in total. The van der Waals surface area contributed by atoms with Gasteiger partial charge in [-0.3, -0.25) is 0 Å². The van der Waals surface area contributed by atoms with Crippen LogP contribution in [0.3, 0.4) is 0 Å². The maximum absolute atomic E-state index is 13.9. The van der Waals surface area contributed by atoms with E-state index in [-0.39, 0.29) is 24.0 Å². The van der Waals surface area contributed by atoms with Gasteiger partial charge < -0.3 is 14.8 Å². The molecule has 0 bridgehead atoms. The van der Waals surface area contributed by atoms with Crippen molar-refractivity contribution in [2.24, 2.45) is 0 Å². The van der Waals surface area contributed by atoms with Crippen molar-refractivity contribution >= 4 is 5.97 Å². The van der Waals surface area contributed by atoms with Crippen molar-refractivity contribution in [1.29, 1.82) is 0 Å². The third-order valence-electron chi connectivity index (χ3n) is 2.56. The number of ether oxygens (including phenoxy) is 2. The Morgan fingerprint density at radius 1 is 1.33 bits per heavy atom. The number of carbonyl (C=O) groups is 1. The Morgan fingerprint density at radius 3 is 2.57 bits per heavy atom. The number of rotatable bonds is 6. The van der Waals surface area contributed by atoms with Crippen LogP contribution < -0.4 is 10.1 Å². The molecule has 0 aliphatic rings. The number of para-hydroxylation sites is 1. The quantitative estimate of drug-likeness (QED) is 0.820. The molecule has 1 aromatic carbocycles. The molecule has 0 unspecified atom stereocenters. The summed E-state index contributed by atoms with van der Waals surface area (Å²) in [6.45, 7) is 9.71.